The second-order valence-corrected chi connectivity index (χ2v) is 8.98. The highest BCUT2D eigenvalue weighted by molar-refractivity contribution is 7.10. The molecule has 28 heavy (non-hydrogen) atoms. The summed E-state index contributed by atoms with van der Waals surface area (Å²) in [6.45, 7) is 6.64. The number of amides is 2. The maximum atomic E-state index is 13.0. The Kier molecular flexibility index (Phi) is 6.39. The highest BCUT2D eigenvalue weighted by Gasteiger charge is 2.32. The van der Waals surface area contributed by atoms with E-state index in [1.165, 1.54) is 10.4 Å². The van der Waals surface area contributed by atoms with Crippen LogP contribution in [0.5, 0.6) is 0 Å². The summed E-state index contributed by atoms with van der Waals surface area (Å²) in [6, 6.07) is 12.3. The summed E-state index contributed by atoms with van der Waals surface area (Å²) >= 11 is 1.77. The number of carbonyl (C=O) groups excluding carboxylic acids is 2. The van der Waals surface area contributed by atoms with E-state index in [0.717, 1.165) is 18.5 Å². The lowest BCUT2D eigenvalue weighted by atomic mass is 9.93. The van der Waals surface area contributed by atoms with Gasteiger partial charge in [0.25, 0.3) is 0 Å². The van der Waals surface area contributed by atoms with E-state index >= 15 is 0 Å². The number of hydrogen-bond acceptors (Lipinski definition) is 4. The lowest BCUT2D eigenvalue weighted by molar-refractivity contribution is -0.133. The zero-order valence-corrected chi connectivity index (χ0v) is 17.6. The first kappa shape index (κ1) is 20.4. The molecule has 2 amide bonds. The minimum atomic E-state index is -0.519. The van der Waals surface area contributed by atoms with Crippen LogP contribution in [0.4, 0.5) is 4.79 Å². The Morgan fingerprint density at radius 1 is 1.21 bits per heavy atom. The molecule has 1 aliphatic rings. The van der Waals surface area contributed by atoms with Crippen molar-refractivity contribution in [2.45, 2.75) is 51.7 Å². The first-order valence-corrected chi connectivity index (χ1v) is 10.6. The molecule has 1 aromatic carbocycles. The number of nitrogens with one attached hydrogen (secondary N) is 1. The number of fused-ring (bicyclic) bond motifs is 1. The summed E-state index contributed by atoms with van der Waals surface area (Å²) in [4.78, 5) is 28.0. The van der Waals surface area contributed by atoms with E-state index in [9.17, 15) is 9.59 Å². The molecule has 0 saturated carbocycles. The Morgan fingerprint density at radius 3 is 2.68 bits per heavy atom. The topological polar surface area (TPSA) is 58.6 Å². The summed E-state index contributed by atoms with van der Waals surface area (Å²) < 4.78 is 5.22. The lowest BCUT2D eigenvalue weighted by Gasteiger charge is -2.36. The molecule has 1 aliphatic heterocycles. The van der Waals surface area contributed by atoms with E-state index in [1.54, 1.807) is 11.3 Å². The first-order valence-electron chi connectivity index (χ1n) is 9.73. The molecule has 0 fully saturated rings. The molecule has 6 heteroatoms. The van der Waals surface area contributed by atoms with Crippen LogP contribution in [0.1, 0.15) is 55.7 Å². The predicted octanol–water partition coefficient (Wildman–Crippen LogP) is 4.53. The minimum absolute atomic E-state index is 0.0254. The van der Waals surface area contributed by atoms with Crippen molar-refractivity contribution in [3.05, 3.63) is 57.8 Å². The number of hydrogen-bond donors (Lipinski definition) is 1. The van der Waals surface area contributed by atoms with Crippen LogP contribution in [0.25, 0.3) is 0 Å². The second-order valence-electron chi connectivity index (χ2n) is 7.98. The van der Waals surface area contributed by atoms with Gasteiger partial charge in [0.2, 0.25) is 5.91 Å². The normalized spacial score (nSPS) is 16.4. The van der Waals surface area contributed by atoms with Gasteiger partial charge in [-0.1, -0.05) is 30.3 Å². The van der Waals surface area contributed by atoms with Gasteiger partial charge in [0.15, 0.2) is 0 Å². The molecular weight excluding hydrogens is 372 g/mol. The Hall–Kier alpha value is -2.34. The molecule has 1 N–H and O–H groups in total. The van der Waals surface area contributed by atoms with Crippen LogP contribution in [-0.2, 0) is 16.0 Å². The number of alkyl carbamates (subject to hydrolysis) is 1. The van der Waals surface area contributed by atoms with Crippen LogP contribution in [0.2, 0.25) is 0 Å². The predicted molar refractivity (Wildman–Crippen MR) is 111 cm³/mol. The fourth-order valence-electron chi connectivity index (χ4n) is 3.47. The van der Waals surface area contributed by atoms with E-state index < -0.39 is 11.7 Å². The van der Waals surface area contributed by atoms with Gasteiger partial charge in [-0.25, -0.2) is 4.79 Å². The number of carbonyl (C=O) groups is 2. The highest BCUT2D eigenvalue weighted by atomic mass is 32.1. The Bertz CT molecular complexity index is 811. The third kappa shape index (κ3) is 5.13. The molecule has 1 aromatic heterocycles. The van der Waals surface area contributed by atoms with Crippen LogP contribution >= 0.6 is 11.3 Å². The van der Waals surface area contributed by atoms with Crippen molar-refractivity contribution >= 4 is 23.3 Å². The standard InChI is InChI=1S/C22H28N2O3S/c1-22(2,3)27-21(26)23-13-7-10-19(25)24-14-11-18-17(12-15-28-18)20(24)16-8-5-4-6-9-16/h4-6,8-9,12,15,20H,7,10-11,13-14H2,1-3H3,(H,23,26). The van der Waals surface area contributed by atoms with Gasteiger partial charge in [-0.05, 0) is 56.2 Å². The van der Waals surface area contributed by atoms with Gasteiger partial charge in [-0.15, -0.1) is 11.3 Å². The van der Waals surface area contributed by atoms with Crippen molar-refractivity contribution in [1.29, 1.82) is 0 Å². The number of rotatable bonds is 5. The van der Waals surface area contributed by atoms with Crippen molar-refractivity contribution in [2.75, 3.05) is 13.1 Å². The van der Waals surface area contributed by atoms with Gasteiger partial charge >= 0.3 is 6.09 Å². The lowest BCUT2D eigenvalue weighted by Crippen LogP contribution is -2.40. The molecule has 0 aliphatic carbocycles. The molecule has 5 nitrogen and oxygen atoms in total. The fourth-order valence-corrected chi connectivity index (χ4v) is 4.37. The number of benzene rings is 1. The van der Waals surface area contributed by atoms with Crippen LogP contribution in [0, 0.1) is 0 Å². The first-order chi connectivity index (χ1) is 13.3. The summed E-state index contributed by atoms with van der Waals surface area (Å²) in [5, 5.41) is 4.83. The van der Waals surface area contributed by atoms with Gasteiger partial charge in [0, 0.05) is 24.4 Å². The monoisotopic (exact) mass is 400 g/mol. The van der Waals surface area contributed by atoms with Crippen LogP contribution in [0.3, 0.4) is 0 Å². The molecule has 150 valence electrons. The Morgan fingerprint density at radius 2 is 1.96 bits per heavy atom. The average Bonchev–Trinajstić information content (AvgIpc) is 3.12. The van der Waals surface area contributed by atoms with Gasteiger partial charge in [0.1, 0.15) is 5.60 Å². The van der Waals surface area contributed by atoms with E-state index in [-0.39, 0.29) is 11.9 Å². The van der Waals surface area contributed by atoms with Gasteiger partial charge in [-0.2, -0.15) is 0 Å². The third-order valence-electron chi connectivity index (χ3n) is 4.64. The molecule has 3 rings (SSSR count). The largest absolute Gasteiger partial charge is 0.444 e. The smallest absolute Gasteiger partial charge is 0.407 e. The van der Waals surface area contributed by atoms with Crippen molar-refractivity contribution in [2.24, 2.45) is 0 Å². The summed E-state index contributed by atoms with van der Waals surface area (Å²) in [5.74, 6) is 0.122. The zero-order chi connectivity index (χ0) is 20.1. The Balaban J connectivity index is 1.60. The average molecular weight is 401 g/mol. The van der Waals surface area contributed by atoms with Crippen LogP contribution in [0.15, 0.2) is 41.8 Å². The Labute approximate surface area is 170 Å². The fraction of sp³-hybridized carbons (Fsp3) is 0.455. The number of ether oxygens (including phenoxy) is 1. The molecule has 0 saturated heterocycles. The zero-order valence-electron chi connectivity index (χ0n) is 16.7. The van der Waals surface area contributed by atoms with E-state index in [1.807, 2.05) is 43.9 Å². The second kappa shape index (κ2) is 8.78. The summed E-state index contributed by atoms with van der Waals surface area (Å²) in [6.07, 6.45) is 1.45. The maximum absolute atomic E-state index is 13.0. The minimum Gasteiger partial charge on any atom is -0.444 e. The van der Waals surface area contributed by atoms with Crippen molar-refractivity contribution in [3.8, 4) is 0 Å². The van der Waals surface area contributed by atoms with Crippen molar-refractivity contribution in [1.82, 2.24) is 10.2 Å². The number of nitrogens with zero attached hydrogens (tertiary/aromatic N) is 1. The van der Waals surface area contributed by atoms with Crippen molar-refractivity contribution in [3.63, 3.8) is 0 Å². The van der Waals surface area contributed by atoms with E-state index in [0.29, 0.717) is 19.4 Å². The van der Waals surface area contributed by atoms with E-state index in [4.69, 9.17) is 4.74 Å². The summed E-state index contributed by atoms with van der Waals surface area (Å²) in [5.41, 5.74) is 1.86. The molecule has 1 atom stereocenters. The van der Waals surface area contributed by atoms with Gasteiger partial charge in [0.05, 0.1) is 6.04 Å². The molecule has 0 radical (unpaired) electrons. The van der Waals surface area contributed by atoms with Gasteiger partial charge < -0.3 is 15.0 Å². The molecule has 0 bridgehead atoms. The van der Waals surface area contributed by atoms with Crippen molar-refractivity contribution < 1.29 is 14.3 Å². The molecule has 2 heterocycles. The quantitative estimate of drug-likeness (QED) is 0.751. The van der Waals surface area contributed by atoms with E-state index in [2.05, 4.69) is 28.9 Å². The molecule has 1 unspecified atom stereocenters. The molecule has 0 spiro atoms. The maximum Gasteiger partial charge on any atom is 0.407 e. The van der Waals surface area contributed by atoms with Crippen LogP contribution < -0.4 is 5.32 Å². The van der Waals surface area contributed by atoms with Crippen LogP contribution in [-0.4, -0.2) is 35.6 Å². The third-order valence-corrected chi connectivity index (χ3v) is 5.63. The number of thiophene rings is 1. The summed E-state index contributed by atoms with van der Waals surface area (Å²) in [7, 11) is 0. The SMILES string of the molecule is CC(C)(C)OC(=O)NCCCC(=O)N1CCc2sccc2C1c1ccccc1. The van der Waals surface area contributed by atoms with Gasteiger partial charge in [-0.3, -0.25) is 4.79 Å². The molecular formula is C22H28N2O3S. The molecule has 2 aromatic rings. The highest BCUT2D eigenvalue weighted by Crippen LogP contribution is 2.38.